The van der Waals surface area contributed by atoms with Crippen LogP contribution in [0.5, 0.6) is 0 Å². The molecule has 22 heavy (non-hydrogen) atoms. The Morgan fingerprint density at radius 3 is 2.82 bits per heavy atom. The number of aromatic nitrogens is 1. The van der Waals surface area contributed by atoms with E-state index in [1.807, 2.05) is 0 Å². The Morgan fingerprint density at radius 1 is 1.45 bits per heavy atom. The lowest BCUT2D eigenvalue weighted by atomic mass is 9.85. The van der Waals surface area contributed by atoms with Crippen molar-refractivity contribution in [2.24, 2.45) is 5.92 Å². The first kappa shape index (κ1) is 15.5. The second kappa shape index (κ2) is 5.66. The maximum Gasteiger partial charge on any atom is 0.322 e. The van der Waals surface area contributed by atoms with Gasteiger partial charge in [0.2, 0.25) is 10.0 Å². The zero-order valence-electron chi connectivity index (χ0n) is 12.4. The van der Waals surface area contributed by atoms with Gasteiger partial charge in [-0.15, -0.1) is 0 Å². The summed E-state index contributed by atoms with van der Waals surface area (Å²) in [7, 11) is -3.73. The van der Waals surface area contributed by atoms with Crippen molar-refractivity contribution in [1.29, 1.82) is 0 Å². The maximum atomic E-state index is 12.8. The highest BCUT2D eigenvalue weighted by molar-refractivity contribution is 7.88. The van der Waals surface area contributed by atoms with E-state index in [0.29, 0.717) is 17.9 Å². The molecule has 3 atom stereocenters. The molecular weight excluding hydrogens is 308 g/mol. The molecule has 7 nitrogen and oxygen atoms in total. The first-order valence-electron chi connectivity index (χ1n) is 7.54. The molecule has 0 bridgehead atoms. The van der Waals surface area contributed by atoms with Gasteiger partial charge in [0.25, 0.3) is 0 Å². The van der Waals surface area contributed by atoms with Gasteiger partial charge >= 0.3 is 5.97 Å². The summed E-state index contributed by atoms with van der Waals surface area (Å²) < 4.78 is 31.7. The van der Waals surface area contributed by atoms with E-state index in [2.05, 4.69) is 5.16 Å². The quantitative estimate of drug-likeness (QED) is 0.899. The lowest BCUT2D eigenvalue weighted by Gasteiger charge is -2.31. The van der Waals surface area contributed by atoms with Crippen LogP contribution in [0.1, 0.15) is 43.6 Å². The Bertz CT molecular complexity index is 669. The fourth-order valence-corrected chi connectivity index (χ4v) is 5.69. The average molecular weight is 328 g/mol. The van der Waals surface area contributed by atoms with Gasteiger partial charge < -0.3 is 9.63 Å². The van der Waals surface area contributed by atoms with Crippen LogP contribution in [0.4, 0.5) is 0 Å². The molecule has 2 aliphatic rings. The molecule has 0 spiro atoms. The van der Waals surface area contributed by atoms with Gasteiger partial charge in [-0.2, -0.15) is 4.31 Å². The van der Waals surface area contributed by atoms with E-state index in [1.54, 1.807) is 13.0 Å². The number of hydrogen-bond acceptors (Lipinski definition) is 5. The minimum absolute atomic E-state index is 0.156. The van der Waals surface area contributed by atoms with E-state index in [-0.39, 0.29) is 17.7 Å². The molecular formula is C14H20N2O5S. The van der Waals surface area contributed by atoms with Gasteiger partial charge in [-0.1, -0.05) is 18.0 Å². The van der Waals surface area contributed by atoms with Gasteiger partial charge in [0.1, 0.15) is 23.2 Å². The van der Waals surface area contributed by atoms with Crippen LogP contribution in [0.2, 0.25) is 0 Å². The van der Waals surface area contributed by atoms with Crippen LogP contribution in [-0.4, -0.2) is 41.0 Å². The zero-order valence-corrected chi connectivity index (χ0v) is 13.3. The van der Waals surface area contributed by atoms with Gasteiger partial charge in [-0.25, -0.2) is 8.42 Å². The molecule has 1 aromatic heterocycles. The largest absolute Gasteiger partial charge is 0.480 e. The van der Waals surface area contributed by atoms with Crippen molar-refractivity contribution in [3.8, 4) is 0 Å². The molecule has 1 aliphatic heterocycles. The molecule has 3 unspecified atom stereocenters. The van der Waals surface area contributed by atoms with Crippen LogP contribution in [-0.2, 0) is 20.6 Å². The van der Waals surface area contributed by atoms with Crippen molar-refractivity contribution in [2.75, 3.05) is 0 Å². The average Bonchev–Trinajstić information content (AvgIpc) is 3.02. The van der Waals surface area contributed by atoms with Crippen molar-refractivity contribution in [3.63, 3.8) is 0 Å². The number of hydrogen-bond donors (Lipinski definition) is 1. The summed E-state index contributed by atoms with van der Waals surface area (Å²) >= 11 is 0. The monoisotopic (exact) mass is 328 g/mol. The molecule has 1 aliphatic carbocycles. The number of sulfonamides is 1. The van der Waals surface area contributed by atoms with Gasteiger partial charge in [0, 0.05) is 12.1 Å². The highest BCUT2D eigenvalue weighted by atomic mass is 32.2. The summed E-state index contributed by atoms with van der Waals surface area (Å²) in [6.45, 7) is 1.69. The maximum absolute atomic E-state index is 12.8. The lowest BCUT2D eigenvalue weighted by Crippen LogP contribution is -2.46. The third-order valence-electron chi connectivity index (χ3n) is 4.64. The fourth-order valence-electron chi connectivity index (χ4n) is 3.78. The summed E-state index contributed by atoms with van der Waals surface area (Å²) in [4.78, 5) is 11.5. The summed E-state index contributed by atoms with van der Waals surface area (Å²) in [6.07, 6.45) is 4.05. The molecule has 0 amide bonds. The van der Waals surface area contributed by atoms with Crippen LogP contribution in [0.15, 0.2) is 10.6 Å². The second-order valence-electron chi connectivity index (χ2n) is 6.22. The first-order chi connectivity index (χ1) is 10.4. The highest BCUT2D eigenvalue weighted by Crippen LogP contribution is 2.41. The molecule has 1 N–H and O–H groups in total. The number of carbonyl (C=O) groups is 1. The molecule has 1 saturated carbocycles. The summed E-state index contributed by atoms with van der Waals surface area (Å²) in [5.41, 5.74) is 0.320. The summed E-state index contributed by atoms with van der Waals surface area (Å²) in [5.74, 6) is -0.674. The minimum atomic E-state index is -3.73. The van der Waals surface area contributed by atoms with Gasteiger partial charge in [0.15, 0.2) is 0 Å². The minimum Gasteiger partial charge on any atom is -0.480 e. The molecule has 0 aromatic carbocycles. The third-order valence-corrected chi connectivity index (χ3v) is 6.47. The van der Waals surface area contributed by atoms with E-state index in [1.165, 1.54) is 4.31 Å². The van der Waals surface area contributed by atoms with Crippen molar-refractivity contribution >= 4 is 16.0 Å². The number of aryl methyl sites for hydroxylation is 1. The van der Waals surface area contributed by atoms with Crippen LogP contribution in [0.3, 0.4) is 0 Å². The second-order valence-corrected chi connectivity index (χ2v) is 8.09. The number of aliphatic carboxylic acids is 1. The molecule has 1 aromatic rings. The van der Waals surface area contributed by atoms with Gasteiger partial charge in [0.05, 0.1) is 0 Å². The third kappa shape index (κ3) is 2.77. The number of carboxylic acid groups (broad SMARTS) is 1. The Morgan fingerprint density at radius 2 is 2.18 bits per heavy atom. The van der Waals surface area contributed by atoms with Gasteiger partial charge in [-0.05, 0) is 32.1 Å². The Balaban J connectivity index is 1.89. The molecule has 1 saturated heterocycles. The van der Waals surface area contributed by atoms with Crippen LogP contribution in [0.25, 0.3) is 0 Å². The van der Waals surface area contributed by atoms with Crippen LogP contribution < -0.4 is 0 Å². The molecule has 122 valence electrons. The molecule has 2 fully saturated rings. The zero-order chi connectivity index (χ0) is 15.9. The number of fused-ring (bicyclic) bond motifs is 1. The highest BCUT2D eigenvalue weighted by Gasteiger charge is 2.50. The van der Waals surface area contributed by atoms with Crippen molar-refractivity contribution in [3.05, 3.63) is 17.5 Å². The molecule has 8 heteroatoms. The first-order valence-corrected chi connectivity index (χ1v) is 9.15. The summed E-state index contributed by atoms with van der Waals surface area (Å²) in [6, 6.07) is 0.431. The predicted molar refractivity (Wildman–Crippen MR) is 77.5 cm³/mol. The fraction of sp³-hybridized carbons (Fsp3) is 0.714. The smallest absolute Gasteiger partial charge is 0.322 e. The van der Waals surface area contributed by atoms with Crippen molar-refractivity contribution < 1.29 is 22.8 Å². The van der Waals surface area contributed by atoms with E-state index < -0.39 is 22.0 Å². The summed E-state index contributed by atoms with van der Waals surface area (Å²) in [5, 5.41) is 13.1. The van der Waals surface area contributed by atoms with Crippen LogP contribution in [0, 0.1) is 12.8 Å². The van der Waals surface area contributed by atoms with Crippen LogP contribution >= 0.6 is 0 Å². The number of rotatable bonds is 4. The van der Waals surface area contributed by atoms with E-state index in [0.717, 1.165) is 25.7 Å². The topological polar surface area (TPSA) is 101 Å². The van der Waals surface area contributed by atoms with Crippen molar-refractivity contribution in [1.82, 2.24) is 9.46 Å². The number of nitrogens with zero attached hydrogens (tertiary/aromatic N) is 2. The van der Waals surface area contributed by atoms with E-state index in [9.17, 15) is 18.3 Å². The Labute approximate surface area is 129 Å². The normalized spacial score (nSPS) is 29.4. The molecule has 3 rings (SSSR count). The Hall–Kier alpha value is -1.41. The number of carboxylic acids is 1. The molecule has 2 heterocycles. The molecule has 0 radical (unpaired) electrons. The van der Waals surface area contributed by atoms with E-state index in [4.69, 9.17) is 4.52 Å². The van der Waals surface area contributed by atoms with Gasteiger partial charge in [-0.3, -0.25) is 4.79 Å². The standard InChI is InChI=1S/C14H20N2O5S/c1-9-6-11(15-21-9)8-22(19,20)16-12-5-3-2-4-10(12)7-13(16)14(17)18/h6,10,12-13H,2-5,7-8H2,1H3,(H,17,18). The van der Waals surface area contributed by atoms with E-state index >= 15 is 0 Å². The predicted octanol–water partition coefficient (Wildman–Crippen LogP) is 1.53. The lowest BCUT2D eigenvalue weighted by molar-refractivity contribution is -0.141. The SMILES string of the molecule is Cc1cc(CS(=O)(=O)N2C(C(=O)O)CC3CCCCC32)no1. The Kier molecular flexibility index (Phi) is 3.98. The van der Waals surface area contributed by atoms with Crippen molar-refractivity contribution in [2.45, 2.75) is 56.9 Å².